The van der Waals surface area contributed by atoms with E-state index in [1.54, 1.807) is 12.1 Å². The number of rotatable bonds is 4. The predicted molar refractivity (Wildman–Crippen MR) is 58.6 cm³/mol. The average Bonchev–Trinajstić information content (AvgIpc) is 2.27. The molecule has 16 heavy (non-hydrogen) atoms. The molecule has 0 aliphatic carbocycles. The van der Waals surface area contributed by atoms with Crippen molar-refractivity contribution in [1.82, 2.24) is 0 Å². The first-order chi connectivity index (χ1) is 7.61. The first-order valence-corrected chi connectivity index (χ1v) is 4.91. The number of anilines is 1. The van der Waals surface area contributed by atoms with E-state index in [0.717, 1.165) is 12.5 Å². The molecule has 0 saturated carbocycles. The van der Waals surface area contributed by atoms with Crippen molar-refractivity contribution in [2.45, 2.75) is 13.3 Å². The van der Waals surface area contributed by atoms with Crippen molar-refractivity contribution in [2.24, 2.45) is 0 Å². The molecule has 0 aliphatic heterocycles. The minimum absolute atomic E-state index is 0.492. The second-order valence-electron chi connectivity index (χ2n) is 3.19. The van der Waals surface area contributed by atoms with Crippen LogP contribution in [0.4, 0.5) is 5.69 Å². The Morgan fingerprint density at radius 3 is 2.38 bits per heavy atom. The summed E-state index contributed by atoms with van der Waals surface area (Å²) < 4.78 is 0. The Morgan fingerprint density at radius 2 is 1.88 bits per heavy atom. The molecule has 0 atom stereocenters. The van der Waals surface area contributed by atoms with Crippen LogP contribution in [0.25, 0.3) is 0 Å². The van der Waals surface area contributed by atoms with Gasteiger partial charge >= 0.3 is 0 Å². The number of nitrogens with one attached hydrogen (secondary N) is 1. The summed E-state index contributed by atoms with van der Waals surface area (Å²) in [5, 5.41) is 12.6. The maximum Gasteiger partial charge on any atom is 0.248 e. The van der Waals surface area contributed by atoms with Crippen LogP contribution in [-0.2, 0) is 16.0 Å². The predicted octanol–water partition coefficient (Wildman–Crippen LogP) is 0.494. The van der Waals surface area contributed by atoms with Crippen LogP contribution in [0.3, 0.4) is 0 Å². The lowest BCUT2D eigenvalue weighted by Gasteiger charge is -2.03. The van der Waals surface area contributed by atoms with Gasteiger partial charge in [-0.3, -0.25) is 4.79 Å². The average molecular weight is 218 g/mol. The molecule has 1 aromatic carbocycles. The number of hydrogen-bond acceptors (Lipinski definition) is 3. The van der Waals surface area contributed by atoms with E-state index in [2.05, 4.69) is 5.32 Å². The molecule has 0 bridgehead atoms. The molecule has 0 aliphatic rings. The summed E-state index contributed by atoms with van der Waals surface area (Å²) in [5.74, 6) is -1.88. The topological polar surface area (TPSA) is 69.2 Å². The molecule has 0 saturated heterocycles. The van der Waals surface area contributed by atoms with Gasteiger partial charge in [-0.2, -0.15) is 0 Å². The van der Waals surface area contributed by atoms with Gasteiger partial charge in [0, 0.05) is 11.8 Å². The van der Waals surface area contributed by atoms with Gasteiger partial charge in [0.2, 0.25) is 5.91 Å². The maximum atomic E-state index is 11.2. The van der Waals surface area contributed by atoms with E-state index in [4.69, 9.17) is 0 Å². The smallest absolute Gasteiger partial charge is 0.248 e. The number of carboxylic acid groups (broad SMARTS) is 1. The summed E-state index contributed by atoms with van der Waals surface area (Å²) in [4.78, 5) is 21.2. The molecule has 4 nitrogen and oxygen atoms in total. The van der Waals surface area contributed by atoms with Crippen LogP contribution < -0.4 is 10.4 Å². The summed E-state index contributed by atoms with van der Waals surface area (Å²) in [6.07, 6.45) is 2.54. The van der Waals surface area contributed by atoms with E-state index in [9.17, 15) is 14.7 Å². The quantitative estimate of drug-likeness (QED) is 0.748. The largest absolute Gasteiger partial charge is 0.545 e. The molecule has 0 spiro atoms. The fourth-order valence-electron chi connectivity index (χ4n) is 1.15. The molecule has 1 amide bonds. The fourth-order valence-corrected chi connectivity index (χ4v) is 1.15. The van der Waals surface area contributed by atoms with Crippen molar-refractivity contribution >= 4 is 17.6 Å². The number of hydrogen-bond donors (Lipinski definition) is 1. The second kappa shape index (κ2) is 5.70. The van der Waals surface area contributed by atoms with Gasteiger partial charge in [0.15, 0.2) is 0 Å². The summed E-state index contributed by atoms with van der Waals surface area (Å²) in [5.41, 5.74) is 1.80. The minimum atomic E-state index is -1.39. The zero-order valence-electron chi connectivity index (χ0n) is 8.90. The van der Waals surface area contributed by atoms with Crippen molar-refractivity contribution in [3.05, 3.63) is 42.0 Å². The molecule has 1 aromatic rings. The van der Waals surface area contributed by atoms with E-state index in [0.29, 0.717) is 11.8 Å². The first-order valence-electron chi connectivity index (χ1n) is 4.91. The van der Waals surface area contributed by atoms with Crippen molar-refractivity contribution < 1.29 is 14.7 Å². The molecule has 0 radical (unpaired) electrons. The maximum absolute atomic E-state index is 11.2. The lowest BCUT2D eigenvalue weighted by Crippen LogP contribution is -2.20. The second-order valence-corrected chi connectivity index (χ2v) is 3.19. The molecule has 4 heteroatoms. The fraction of sp³-hybridized carbons (Fsp3) is 0.167. The van der Waals surface area contributed by atoms with Crippen molar-refractivity contribution in [1.29, 1.82) is 0 Å². The number of aryl methyl sites for hydroxylation is 1. The SMILES string of the molecule is CCc1ccc(NC(=O)C=CC(=O)[O-])cc1. The van der Waals surface area contributed by atoms with Crippen LogP contribution >= 0.6 is 0 Å². The van der Waals surface area contributed by atoms with E-state index in [-0.39, 0.29) is 0 Å². The molecule has 0 fully saturated rings. The Labute approximate surface area is 93.6 Å². The number of carbonyl (C=O) groups excluding carboxylic acids is 2. The Balaban J connectivity index is 2.59. The van der Waals surface area contributed by atoms with Crippen LogP contribution in [0.5, 0.6) is 0 Å². The zero-order valence-corrected chi connectivity index (χ0v) is 8.90. The Morgan fingerprint density at radius 1 is 1.25 bits per heavy atom. The summed E-state index contributed by atoms with van der Waals surface area (Å²) in [6.45, 7) is 2.04. The molecular weight excluding hydrogens is 206 g/mol. The molecule has 1 N–H and O–H groups in total. The molecule has 0 aromatic heterocycles. The number of carboxylic acids is 1. The highest BCUT2D eigenvalue weighted by Crippen LogP contribution is 2.09. The van der Waals surface area contributed by atoms with Crippen LogP contribution in [-0.4, -0.2) is 11.9 Å². The van der Waals surface area contributed by atoms with Gasteiger partial charge in [-0.15, -0.1) is 0 Å². The van der Waals surface area contributed by atoms with Crippen LogP contribution in [0.2, 0.25) is 0 Å². The Hall–Kier alpha value is -2.10. The number of carbonyl (C=O) groups is 2. The van der Waals surface area contributed by atoms with E-state index >= 15 is 0 Å². The van der Waals surface area contributed by atoms with Crippen molar-refractivity contribution in [3.8, 4) is 0 Å². The molecule has 84 valence electrons. The number of amides is 1. The lowest BCUT2D eigenvalue weighted by atomic mass is 10.1. The van der Waals surface area contributed by atoms with Gasteiger partial charge < -0.3 is 15.2 Å². The zero-order chi connectivity index (χ0) is 12.0. The van der Waals surface area contributed by atoms with Gasteiger partial charge in [-0.05, 0) is 30.2 Å². The van der Waals surface area contributed by atoms with E-state index in [1.807, 2.05) is 19.1 Å². The van der Waals surface area contributed by atoms with E-state index in [1.165, 1.54) is 5.56 Å². The highest BCUT2D eigenvalue weighted by molar-refractivity contribution is 6.02. The molecular formula is C12H12NO3-. The first kappa shape index (κ1) is 12.0. The van der Waals surface area contributed by atoms with E-state index < -0.39 is 11.9 Å². The minimum Gasteiger partial charge on any atom is -0.545 e. The van der Waals surface area contributed by atoms with Crippen LogP contribution in [0, 0.1) is 0 Å². The monoisotopic (exact) mass is 218 g/mol. The lowest BCUT2D eigenvalue weighted by molar-refractivity contribution is -0.297. The van der Waals surface area contributed by atoms with Crippen molar-refractivity contribution in [2.75, 3.05) is 5.32 Å². The van der Waals surface area contributed by atoms with Crippen molar-refractivity contribution in [3.63, 3.8) is 0 Å². The molecule has 1 rings (SSSR count). The Kier molecular flexibility index (Phi) is 4.27. The highest BCUT2D eigenvalue weighted by atomic mass is 16.4. The van der Waals surface area contributed by atoms with Gasteiger partial charge in [-0.1, -0.05) is 19.1 Å². The van der Waals surface area contributed by atoms with Crippen LogP contribution in [0.1, 0.15) is 12.5 Å². The third-order valence-electron chi connectivity index (χ3n) is 2.00. The standard InChI is InChI=1S/C12H13NO3/c1-2-9-3-5-10(6-4-9)13-11(14)7-8-12(15)16/h3-8H,2H2,1H3,(H,13,14)(H,15,16)/p-1. The third-order valence-corrected chi connectivity index (χ3v) is 2.00. The highest BCUT2D eigenvalue weighted by Gasteiger charge is 1.97. The molecule has 0 unspecified atom stereocenters. The van der Waals surface area contributed by atoms with Crippen LogP contribution in [0.15, 0.2) is 36.4 Å². The summed E-state index contributed by atoms with van der Waals surface area (Å²) in [7, 11) is 0. The third kappa shape index (κ3) is 3.96. The van der Waals surface area contributed by atoms with Gasteiger partial charge in [0.25, 0.3) is 0 Å². The summed E-state index contributed by atoms with van der Waals surface area (Å²) >= 11 is 0. The van der Waals surface area contributed by atoms with Gasteiger partial charge in [0.1, 0.15) is 0 Å². The molecule has 0 heterocycles. The Bertz CT molecular complexity index is 407. The van der Waals surface area contributed by atoms with Gasteiger partial charge in [-0.25, -0.2) is 0 Å². The number of aliphatic carboxylic acids is 1. The summed E-state index contributed by atoms with van der Waals surface area (Å²) in [6, 6.07) is 7.34. The van der Waals surface area contributed by atoms with Gasteiger partial charge in [0.05, 0.1) is 5.97 Å². The number of benzene rings is 1. The normalized spacial score (nSPS) is 10.3.